The van der Waals surface area contributed by atoms with Crippen LogP contribution in [0.15, 0.2) is 11.4 Å². The van der Waals surface area contributed by atoms with Gasteiger partial charge in [0.05, 0.1) is 5.69 Å². The van der Waals surface area contributed by atoms with Crippen LogP contribution in [0.2, 0.25) is 0 Å². The van der Waals surface area contributed by atoms with Gasteiger partial charge in [-0.1, -0.05) is 13.8 Å². The molecule has 0 aromatic carbocycles. The summed E-state index contributed by atoms with van der Waals surface area (Å²) in [4.78, 5) is 12.2. The molecule has 2 N–H and O–H groups in total. The van der Waals surface area contributed by atoms with Gasteiger partial charge in [-0.2, -0.15) is 0 Å². The van der Waals surface area contributed by atoms with E-state index < -0.39 is 0 Å². The first-order valence-corrected chi connectivity index (χ1v) is 6.94. The number of rotatable bonds is 6. The molecule has 3 nitrogen and oxygen atoms in total. The second kappa shape index (κ2) is 6.77. The van der Waals surface area contributed by atoms with Gasteiger partial charge in [-0.3, -0.25) is 4.79 Å². The Kier molecular flexibility index (Phi) is 5.65. The number of nitrogens with one attached hydrogen (secondary N) is 2. The zero-order valence-electron chi connectivity index (χ0n) is 11.0. The van der Waals surface area contributed by atoms with Crippen LogP contribution in [0.5, 0.6) is 0 Å². The first-order chi connectivity index (χ1) is 7.99. The maximum absolute atomic E-state index is 11.0. The monoisotopic (exact) mass is 254 g/mol. The van der Waals surface area contributed by atoms with E-state index in [4.69, 9.17) is 0 Å². The van der Waals surface area contributed by atoms with E-state index >= 15 is 0 Å². The molecule has 0 aliphatic rings. The van der Waals surface area contributed by atoms with E-state index in [1.165, 1.54) is 18.2 Å². The molecule has 1 unspecified atom stereocenters. The largest absolute Gasteiger partial charge is 0.325 e. The van der Waals surface area contributed by atoms with Crippen LogP contribution in [0.1, 0.15) is 39.0 Å². The van der Waals surface area contributed by atoms with E-state index in [0.717, 1.165) is 12.2 Å². The summed E-state index contributed by atoms with van der Waals surface area (Å²) in [6, 6.07) is 2.46. The normalized spacial score (nSPS) is 12.8. The molecule has 1 aromatic heterocycles. The number of amides is 1. The molecular weight excluding hydrogens is 232 g/mol. The molecular formula is C13H22N2OS. The van der Waals surface area contributed by atoms with Crippen LogP contribution >= 0.6 is 11.3 Å². The van der Waals surface area contributed by atoms with Gasteiger partial charge in [0.25, 0.3) is 0 Å². The molecule has 0 aliphatic carbocycles. The number of carbonyl (C=O) groups excluding carboxylic acids is 1. The fourth-order valence-corrected chi connectivity index (χ4v) is 2.62. The predicted molar refractivity (Wildman–Crippen MR) is 74.4 cm³/mol. The van der Waals surface area contributed by atoms with Crippen molar-refractivity contribution in [2.45, 2.75) is 46.7 Å². The van der Waals surface area contributed by atoms with E-state index in [0.29, 0.717) is 12.0 Å². The number of hydrogen-bond acceptors (Lipinski definition) is 3. The Morgan fingerprint density at radius 3 is 2.71 bits per heavy atom. The third kappa shape index (κ3) is 5.33. The number of anilines is 1. The first-order valence-electron chi connectivity index (χ1n) is 6.06. The van der Waals surface area contributed by atoms with Gasteiger partial charge >= 0.3 is 0 Å². The Balaban J connectivity index is 2.46. The summed E-state index contributed by atoms with van der Waals surface area (Å²) in [5, 5.41) is 8.35. The highest BCUT2D eigenvalue weighted by Gasteiger charge is 2.08. The van der Waals surface area contributed by atoms with E-state index in [2.05, 4.69) is 31.4 Å². The SMILES string of the molecule is CC(=O)Nc1ccsc1CNC(C)CC(C)C. The molecule has 0 aliphatic heterocycles. The summed E-state index contributed by atoms with van der Waals surface area (Å²) in [7, 11) is 0. The van der Waals surface area contributed by atoms with Gasteiger partial charge in [0.1, 0.15) is 0 Å². The van der Waals surface area contributed by atoms with Crippen molar-refractivity contribution in [2.75, 3.05) is 5.32 Å². The van der Waals surface area contributed by atoms with Crippen LogP contribution in [0.4, 0.5) is 5.69 Å². The second-order valence-electron chi connectivity index (χ2n) is 4.85. The highest BCUT2D eigenvalue weighted by atomic mass is 32.1. The second-order valence-corrected chi connectivity index (χ2v) is 5.85. The highest BCUT2D eigenvalue weighted by molar-refractivity contribution is 7.10. The predicted octanol–water partition coefficient (Wildman–Crippen LogP) is 3.23. The van der Waals surface area contributed by atoms with Gasteiger partial charge in [0.15, 0.2) is 0 Å². The summed E-state index contributed by atoms with van der Waals surface area (Å²) in [5.41, 5.74) is 0.937. The molecule has 0 spiro atoms. The van der Waals surface area contributed by atoms with Crippen molar-refractivity contribution in [1.29, 1.82) is 0 Å². The van der Waals surface area contributed by atoms with E-state index in [-0.39, 0.29) is 5.91 Å². The van der Waals surface area contributed by atoms with Crippen LogP contribution in [0.3, 0.4) is 0 Å². The summed E-state index contributed by atoms with van der Waals surface area (Å²) in [5.74, 6) is 0.690. The minimum absolute atomic E-state index is 0.0140. The standard InChI is InChI=1S/C13H22N2OS/c1-9(2)7-10(3)14-8-13-12(5-6-17-13)15-11(4)16/h5-6,9-10,14H,7-8H2,1-4H3,(H,15,16). The van der Waals surface area contributed by atoms with Gasteiger partial charge in [-0.25, -0.2) is 0 Å². The number of carbonyl (C=O) groups is 1. The zero-order chi connectivity index (χ0) is 12.8. The Morgan fingerprint density at radius 1 is 1.41 bits per heavy atom. The molecule has 0 fully saturated rings. The Labute approximate surface area is 108 Å². The fraction of sp³-hybridized carbons (Fsp3) is 0.615. The molecule has 1 amide bonds. The molecule has 0 saturated carbocycles. The number of thiophene rings is 1. The Hall–Kier alpha value is -0.870. The van der Waals surface area contributed by atoms with Crippen molar-refractivity contribution < 1.29 is 4.79 Å². The van der Waals surface area contributed by atoms with Crippen LogP contribution in [0.25, 0.3) is 0 Å². The third-order valence-electron chi connectivity index (χ3n) is 2.49. The molecule has 0 bridgehead atoms. The molecule has 0 radical (unpaired) electrons. The van der Waals surface area contributed by atoms with E-state index in [9.17, 15) is 4.79 Å². The van der Waals surface area contributed by atoms with Crippen LogP contribution in [-0.2, 0) is 11.3 Å². The van der Waals surface area contributed by atoms with E-state index in [1.807, 2.05) is 11.4 Å². The fourth-order valence-electron chi connectivity index (χ4n) is 1.84. The summed E-state index contributed by atoms with van der Waals surface area (Å²) in [6.07, 6.45) is 1.17. The van der Waals surface area contributed by atoms with Crippen molar-refractivity contribution in [3.05, 3.63) is 16.3 Å². The van der Waals surface area contributed by atoms with Crippen molar-refractivity contribution in [3.63, 3.8) is 0 Å². The lowest BCUT2D eigenvalue weighted by Gasteiger charge is -2.15. The summed E-state index contributed by atoms with van der Waals surface area (Å²) >= 11 is 1.68. The van der Waals surface area contributed by atoms with Crippen molar-refractivity contribution >= 4 is 22.9 Å². The summed E-state index contributed by atoms with van der Waals surface area (Å²) in [6.45, 7) is 9.02. The van der Waals surface area contributed by atoms with Gasteiger partial charge in [0, 0.05) is 24.4 Å². The van der Waals surface area contributed by atoms with Gasteiger partial charge in [-0.05, 0) is 30.7 Å². The lowest BCUT2D eigenvalue weighted by molar-refractivity contribution is -0.114. The average molecular weight is 254 g/mol. The molecule has 1 rings (SSSR count). The zero-order valence-corrected chi connectivity index (χ0v) is 11.9. The first kappa shape index (κ1) is 14.2. The minimum Gasteiger partial charge on any atom is -0.325 e. The maximum atomic E-state index is 11.0. The van der Waals surface area contributed by atoms with Crippen molar-refractivity contribution in [1.82, 2.24) is 5.32 Å². The van der Waals surface area contributed by atoms with Crippen LogP contribution < -0.4 is 10.6 Å². The third-order valence-corrected chi connectivity index (χ3v) is 3.41. The summed E-state index contributed by atoms with van der Waals surface area (Å²) < 4.78 is 0. The molecule has 96 valence electrons. The average Bonchev–Trinajstić information content (AvgIpc) is 2.60. The van der Waals surface area contributed by atoms with Gasteiger partial charge < -0.3 is 10.6 Å². The lowest BCUT2D eigenvalue weighted by atomic mass is 10.1. The maximum Gasteiger partial charge on any atom is 0.221 e. The smallest absolute Gasteiger partial charge is 0.221 e. The van der Waals surface area contributed by atoms with Crippen LogP contribution in [0, 0.1) is 5.92 Å². The van der Waals surface area contributed by atoms with Crippen LogP contribution in [-0.4, -0.2) is 11.9 Å². The lowest BCUT2D eigenvalue weighted by Crippen LogP contribution is -2.26. The van der Waals surface area contributed by atoms with Gasteiger partial charge in [-0.15, -0.1) is 11.3 Å². The molecule has 1 atom stereocenters. The highest BCUT2D eigenvalue weighted by Crippen LogP contribution is 2.22. The van der Waals surface area contributed by atoms with E-state index in [1.54, 1.807) is 11.3 Å². The van der Waals surface area contributed by atoms with Crippen molar-refractivity contribution in [2.24, 2.45) is 5.92 Å². The Bertz CT molecular complexity index is 360. The topological polar surface area (TPSA) is 41.1 Å². The van der Waals surface area contributed by atoms with Gasteiger partial charge in [0.2, 0.25) is 5.91 Å². The Morgan fingerprint density at radius 2 is 2.12 bits per heavy atom. The number of hydrogen-bond donors (Lipinski definition) is 2. The molecule has 17 heavy (non-hydrogen) atoms. The molecule has 0 saturated heterocycles. The minimum atomic E-state index is -0.0140. The molecule has 4 heteroatoms. The van der Waals surface area contributed by atoms with Crippen molar-refractivity contribution in [3.8, 4) is 0 Å². The molecule has 1 aromatic rings. The quantitative estimate of drug-likeness (QED) is 0.818. The molecule has 1 heterocycles.